The smallest absolute Gasteiger partial charge is 0.139 e. The summed E-state index contributed by atoms with van der Waals surface area (Å²) in [5.74, 6) is 0.289. The first-order valence-electron chi connectivity index (χ1n) is 5.34. The van der Waals surface area contributed by atoms with E-state index in [-0.39, 0.29) is 5.84 Å². The fourth-order valence-electron chi connectivity index (χ4n) is 1.48. The minimum atomic E-state index is 0.289. The number of hydrogen-bond donors (Lipinski definition) is 3. The molecule has 16 heavy (non-hydrogen) atoms. The van der Waals surface area contributed by atoms with Crippen LogP contribution in [0.15, 0.2) is 11.4 Å². The van der Waals surface area contributed by atoms with E-state index in [1.807, 2.05) is 20.2 Å². The highest BCUT2D eigenvalue weighted by molar-refractivity contribution is 5.79. The van der Waals surface area contributed by atoms with E-state index in [2.05, 4.69) is 15.6 Å². The monoisotopic (exact) mass is 225 g/mol. The fraction of sp³-hybridized carbons (Fsp3) is 0.600. The van der Waals surface area contributed by atoms with Crippen molar-refractivity contribution in [3.63, 3.8) is 0 Å². The van der Waals surface area contributed by atoms with Gasteiger partial charge in [-0.3, -0.25) is 4.68 Å². The van der Waals surface area contributed by atoms with E-state index in [1.54, 1.807) is 4.68 Å². The number of anilines is 1. The van der Waals surface area contributed by atoms with Crippen LogP contribution in [0.1, 0.15) is 25.0 Å². The normalized spacial score (nSPS) is 11.8. The topological polar surface area (TPSA) is 88.5 Å². The number of nitrogens with two attached hydrogens (primary N) is 1. The van der Waals surface area contributed by atoms with Crippen LogP contribution in [0, 0.1) is 6.92 Å². The van der Waals surface area contributed by atoms with Crippen molar-refractivity contribution in [1.29, 1.82) is 0 Å². The van der Waals surface area contributed by atoms with E-state index >= 15 is 0 Å². The molecule has 4 N–H and O–H groups in total. The lowest BCUT2D eigenvalue weighted by molar-refractivity contribution is 0.316. The molecule has 0 aliphatic rings. The zero-order valence-corrected chi connectivity index (χ0v) is 9.77. The molecule has 0 amide bonds. The zero-order chi connectivity index (χ0) is 12.0. The van der Waals surface area contributed by atoms with Crippen LogP contribution in [0.3, 0.4) is 0 Å². The van der Waals surface area contributed by atoms with Gasteiger partial charge in [0, 0.05) is 26.2 Å². The number of amidine groups is 1. The SMILES string of the molecule is Cc1nn(C)cc1NCCCC/C(N)=N/O. The molecule has 0 aliphatic carbocycles. The van der Waals surface area contributed by atoms with Gasteiger partial charge in [-0.15, -0.1) is 0 Å². The molecule has 1 heterocycles. The maximum absolute atomic E-state index is 8.34. The van der Waals surface area contributed by atoms with Gasteiger partial charge in [-0.2, -0.15) is 5.10 Å². The summed E-state index contributed by atoms with van der Waals surface area (Å²) in [4.78, 5) is 0. The first-order chi connectivity index (χ1) is 7.63. The Kier molecular flexibility index (Phi) is 4.63. The third-order valence-electron chi connectivity index (χ3n) is 2.32. The standard InChI is InChI=1S/C10H19N5O/c1-8-9(7-15(2)13-8)12-6-4-3-5-10(11)14-16/h7,12,16H,3-6H2,1-2H3,(H2,11,14). The molecule has 0 saturated heterocycles. The van der Waals surface area contributed by atoms with E-state index in [0.29, 0.717) is 6.42 Å². The Bertz CT molecular complexity index is 358. The summed E-state index contributed by atoms with van der Waals surface area (Å²) in [7, 11) is 1.90. The van der Waals surface area contributed by atoms with Crippen LogP contribution < -0.4 is 11.1 Å². The Hall–Kier alpha value is -1.72. The Labute approximate surface area is 95.1 Å². The molecule has 90 valence electrons. The minimum absolute atomic E-state index is 0.289. The van der Waals surface area contributed by atoms with Gasteiger partial charge < -0.3 is 16.3 Å². The molecule has 0 unspecified atom stereocenters. The molecule has 1 rings (SSSR count). The molecule has 0 radical (unpaired) electrons. The van der Waals surface area contributed by atoms with Gasteiger partial charge >= 0.3 is 0 Å². The second-order valence-corrected chi connectivity index (χ2v) is 3.78. The number of hydrogen-bond acceptors (Lipinski definition) is 4. The van der Waals surface area contributed by atoms with Crippen molar-refractivity contribution in [3.8, 4) is 0 Å². The van der Waals surface area contributed by atoms with Gasteiger partial charge in [-0.25, -0.2) is 0 Å². The van der Waals surface area contributed by atoms with E-state index in [4.69, 9.17) is 10.9 Å². The second-order valence-electron chi connectivity index (χ2n) is 3.78. The third kappa shape index (κ3) is 3.80. The van der Waals surface area contributed by atoms with Gasteiger partial charge in [0.2, 0.25) is 0 Å². The van der Waals surface area contributed by atoms with Gasteiger partial charge in [-0.05, 0) is 19.8 Å². The fourth-order valence-corrected chi connectivity index (χ4v) is 1.48. The lowest BCUT2D eigenvalue weighted by Gasteiger charge is -2.03. The predicted octanol–water partition coefficient (Wildman–Crippen LogP) is 1.06. The number of nitrogens with zero attached hydrogens (tertiary/aromatic N) is 3. The van der Waals surface area contributed by atoms with Crippen LogP contribution in [0.2, 0.25) is 0 Å². The van der Waals surface area contributed by atoms with Crippen LogP contribution in [0.4, 0.5) is 5.69 Å². The predicted molar refractivity (Wildman–Crippen MR) is 63.7 cm³/mol. The quantitative estimate of drug-likeness (QED) is 0.222. The summed E-state index contributed by atoms with van der Waals surface area (Å²) in [6.45, 7) is 2.84. The molecule has 1 aromatic rings. The molecule has 0 bridgehead atoms. The van der Waals surface area contributed by atoms with Crippen LogP contribution in [-0.2, 0) is 7.05 Å². The number of rotatable bonds is 6. The van der Waals surface area contributed by atoms with Gasteiger partial charge in [0.15, 0.2) is 0 Å². The maximum atomic E-state index is 8.34. The van der Waals surface area contributed by atoms with Crippen LogP contribution >= 0.6 is 0 Å². The summed E-state index contributed by atoms with van der Waals surface area (Å²) < 4.78 is 1.79. The Morgan fingerprint density at radius 3 is 2.94 bits per heavy atom. The Morgan fingerprint density at radius 2 is 2.38 bits per heavy atom. The molecule has 0 fully saturated rings. The second kappa shape index (κ2) is 5.99. The summed E-state index contributed by atoms with van der Waals surface area (Å²) in [6, 6.07) is 0. The van der Waals surface area contributed by atoms with Gasteiger partial charge in [0.05, 0.1) is 11.4 Å². The van der Waals surface area contributed by atoms with Crippen LogP contribution in [-0.4, -0.2) is 27.4 Å². The summed E-state index contributed by atoms with van der Waals surface area (Å²) in [5, 5.41) is 18.8. The highest BCUT2D eigenvalue weighted by atomic mass is 16.4. The molecule has 0 saturated carbocycles. The van der Waals surface area contributed by atoms with Crippen molar-refractivity contribution in [2.75, 3.05) is 11.9 Å². The highest BCUT2D eigenvalue weighted by Crippen LogP contribution is 2.11. The zero-order valence-electron chi connectivity index (χ0n) is 9.77. The molecular weight excluding hydrogens is 206 g/mol. The van der Waals surface area contributed by atoms with E-state index in [9.17, 15) is 0 Å². The number of oxime groups is 1. The third-order valence-corrected chi connectivity index (χ3v) is 2.32. The number of aryl methyl sites for hydroxylation is 2. The maximum Gasteiger partial charge on any atom is 0.139 e. The average Bonchev–Trinajstić information content (AvgIpc) is 2.56. The summed E-state index contributed by atoms with van der Waals surface area (Å²) in [5.41, 5.74) is 7.42. The van der Waals surface area contributed by atoms with Crippen LogP contribution in [0.25, 0.3) is 0 Å². The van der Waals surface area contributed by atoms with Crippen molar-refractivity contribution in [2.45, 2.75) is 26.2 Å². The molecule has 1 aromatic heterocycles. The van der Waals surface area contributed by atoms with E-state index in [0.717, 1.165) is 30.8 Å². The molecular formula is C10H19N5O. The first-order valence-corrected chi connectivity index (χ1v) is 5.34. The number of aromatic nitrogens is 2. The Balaban J connectivity index is 2.19. The van der Waals surface area contributed by atoms with Gasteiger partial charge in [0.1, 0.15) is 5.84 Å². The first kappa shape index (κ1) is 12.4. The summed E-state index contributed by atoms with van der Waals surface area (Å²) in [6.07, 6.45) is 4.47. The van der Waals surface area contributed by atoms with Crippen molar-refractivity contribution in [3.05, 3.63) is 11.9 Å². The van der Waals surface area contributed by atoms with Crippen molar-refractivity contribution in [1.82, 2.24) is 9.78 Å². The highest BCUT2D eigenvalue weighted by Gasteiger charge is 2.01. The molecule has 0 atom stereocenters. The Morgan fingerprint density at radius 1 is 1.62 bits per heavy atom. The molecule has 6 nitrogen and oxygen atoms in total. The summed E-state index contributed by atoms with van der Waals surface area (Å²) >= 11 is 0. The van der Waals surface area contributed by atoms with Crippen LogP contribution in [0.5, 0.6) is 0 Å². The minimum Gasteiger partial charge on any atom is -0.409 e. The number of unbranched alkanes of at least 4 members (excludes halogenated alkanes) is 1. The van der Waals surface area contributed by atoms with Crippen molar-refractivity contribution < 1.29 is 5.21 Å². The molecule has 0 aliphatic heterocycles. The molecule has 0 spiro atoms. The largest absolute Gasteiger partial charge is 0.409 e. The molecule has 0 aromatic carbocycles. The van der Waals surface area contributed by atoms with Gasteiger partial charge in [-0.1, -0.05) is 5.16 Å². The lowest BCUT2D eigenvalue weighted by Crippen LogP contribution is -2.11. The lowest BCUT2D eigenvalue weighted by atomic mass is 10.2. The van der Waals surface area contributed by atoms with Crippen molar-refractivity contribution >= 4 is 11.5 Å². The number of nitrogens with one attached hydrogen (secondary N) is 1. The molecule has 6 heteroatoms. The average molecular weight is 225 g/mol. The van der Waals surface area contributed by atoms with Gasteiger partial charge in [0.25, 0.3) is 0 Å². The van der Waals surface area contributed by atoms with E-state index < -0.39 is 0 Å². The van der Waals surface area contributed by atoms with E-state index in [1.165, 1.54) is 0 Å². The van der Waals surface area contributed by atoms with Crippen molar-refractivity contribution in [2.24, 2.45) is 17.9 Å².